The number of hydrogen-bond acceptors (Lipinski definition) is 8. The third-order valence-corrected chi connectivity index (χ3v) is 6.01. The summed E-state index contributed by atoms with van der Waals surface area (Å²) in [5, 5.41) is 13.8. The zero-order chi connectivity index (χ0) is 26.9. The monoisotopic (exact) mass is 533 g/mol. The van der Waals surface area contributed by atoms with Gasteiger partial charge in [-0.1, -0.05) is 18.2 Å². The highest BCUT2D eigenvalue weighted by molar-refractivity contribution is 5.78. The number of alkyl halides is 3. The molecule has 0 saturated heterocycles. The van der Waals surface area contributed by atoms with E-state index in [1.807, 2.05) is 23.1 Å². The van der Waals surface area contributed by atoms with Crippen LogP contribution in [-0.4, -0.2) is 50.8 Å². The smallest absolute Gasteiger partial charge is 0.489 e. The van der Waals surface area contributed by atoms with E-state index in [-0.39, 0.29) is 49.3 Å². The Labute approximate surface area is 213 Å². The first kappa shape index (κ1) is 25.3. The topological polar surface area (TPSA) is 121 Å². The van der Waals surface area contributed by atoms with E-state index in [9.17, 15) is 28.1 Å². The molecule has 0 spiro atoms. The third-order valence-electron chi connectivity index (χ3n) is 6.01. The van der Waals surface area contributed by atoms with E-state index < -0.39 is 11.3 Å². The van der Waals surface area contributed by atoms with Crippen molar-refractivity contribution in [3.05, 3.63) is 75.5 Å². The van der Waals surface area contributed by atoms with Crippen LogP contribution in [0.25, 0.3) is 0 Å². The molecule has 1 amide bonds. The van der Waals surface area contributed by atoms with Crippen molar-refractivity contribution in [2.24, 2.45) is 0 Å². The number of amides is 1. The van der Waals surface area contributed by atoms with E-state index in [1.165, 1.54) is 35.0 Å². The Morgan fingerprint density at radius 3 is 2.63 bits per heavy atom. The maximum absolute atomic E-state index is 12.6. The first-order valence-corrected chi connectivity index (χ1v) is 11.6. The fraction of sp³-hybridized carbons (Fsp3) is 0.333. The number of benzene rings is 2. The number of nitrogens with one attached hydrogen (secondary N) is 1. The number of nitro groups is 1. The number of rotatable bonds is 8. The molecule has 0 saturated carbocycles. The quantitative estimate of drug-likeness (QED) is 0.346. The number of fused-ring (bicyclic) bond motifs is 2. The number of halogens is 3. The van der Waals surface area contributed by atoms with Crippen LogP contribution >= 0.6 is 0 Å². The molecule has 1 atom stereocenters. The minimum atomic E-state index is -4.74. The predicted octanol–water partition coefficient (Wildman–Crippen LogP) is 3.16. The van der Waals surface area contributed by atoms with Crippen molar-refractivity contribution < 1.29 is 37.1 Å². The molecule has 1 N–H and O–H groups in total. The summed E-state index contributed by atoms with van der Waals surface area (Å²) in [6.07, 6.45) is -3.46. The number of carbonyl (C=O) groups excluding carboxylic acids is 1. The molecule has 0 aliphatic carbocycles. The van der Waals surface area contributed by atoms with Crippen molar-refractivity contribution in [2.75, 3.05) is 13.2 Å². The molecule has 2 aromatic carbocycles. The third kappa shape index (κ3) is 6.14. The molecule has 0 unspecified atom stereocenters. The Hall–Kier alpha value is -4.33. The van der Waals surface area contributed by atoms with Crippen LogP contribution in [0.15, 0.2) is 48.7 Å². The minimum absolute atomic E-state index is 0.155. The number of ether oxygens (including phenoxy) is 3. The van der Waals surface area contributed by atoms with Crippen LogP contribution in [0.2, 0.25) is 0 Å². The van der Waals surface area contributed by atoms with Gasteiger partial charge in [0.05, 0.1) is 19.1 Å². The second-order valence-electron chi connectivity index (χ2n) is 8.92. The average molecular weight is 533 g/mol. The number of aromatic nitrogens is 2. The van der Waals surface area contributed by atoms with Crippen LogP contribution in [0.3, 0.4) is 0 Å². The van der Waals surface area contributed by atoms with Crippen LogP contribution in [0.1, 0.15) is 16.7 Å². The van der Waals surface area contributed by atoms with Gasteiger partial charge >= 0.3 is 18.2 Å². The summed E-state index contributed by atoms with van der Waals surface area (Å²) in [7, 11) is 0. The Morgan fingerprint density at radius 1 is 1.16 bits per heavy atom. The van der Waals surface area contributed by atoms with Crippen molar-refractivity contribution in [2.45, 2.75) is 38.6 Å². The molecule has 11 nitrogen and oxygen atoms in total. The van der Waals surface area contributed by atoms with Crippen LogP contribution < -0.4 is 19.5 Å². The second kappa shape index (κ2) is 10.2. The summed E-state index contributed by atoms with van der Waals surface area (Å²) in [5.74, 6) is -0.192. The number of imidazole rings is 1. The Balaban J connectivity index is 1.10. The molecule has 200 valence electrons. The number of carbonyl (C=O) groups is 1. The van der Waals surface area contributed by atoms with Crippen LogP contribution in [0, 0.1) is 10.1 Å². The molecule has 5 rings (SSSR count). The van der Waals surface area contributed by atoms with Gasteiger partial charge in [0.2, 0.25) is 5.91 Å². The van der Waals surface area contributed by atoms with Gasteiger partial charge in [0.15, 0.2) is 0 Å². The summed E-state index contributed by atoms with van der Waals surface area (Å²) in [6, 6.07) is 10.9. The van der Waals surface area contributed by atoms with Crippen molar-refractivity contribution in [3.8, 4) is 17.5 Å². The van der Waals surface area contributed by atoms with E-state index in [2.05, 4.69) is 15.0 Å². The average Bonchev–Trinajstić information content (AvgIpc) is 3.45. The molecule has 2 aliphatic rings. The van der Waals surface area contributed by atoms with E-state index in [0.717, 1.165) is 11.1 Å². The van der Waals surface area contributed by atoms with E-state index in [4.69, 9.17) is 9.47 Å². The Bertz CT molecular complexity index is 1340. The summed E-state index contributed by atoms with van der Waals surface area (Å²) in [6.45, 7) is 1.94. The molecule has 0 bridgehead atoms. The van der Waals surface area contributed by atoms with Gasteiger partial charge in [-0.3, -0.25) is 14.3 Å². The maximum atomic E-state index is 12.6. The van der Waals surface area contributed by atoms with Gasteiger partial charge in [-0.25, -0.2) is 0 Å². The zero-order valence-electron chi connectivity index (χ0n) is 19.8. The lowest BCUT2D eigenvalue weighted by Crippen LogP contribution is -2.47. The fourth-order valence-electron chi connectivity index (χ4n) is 4.35. The van der Waals surface area contributed by atoms with Gasteiger partial charge in [0.25, 0.3) is 0 Å². The predicted molar refractivity (Wildman–Crippen MR) is 124 cm³/mol. The van der Waals surface area contributed by atoms with Crippen molar-refractivity contribution in [1.82, 2.24) is 19.8 Å². The first-order chi connectivity index (χ1) is 18.1. The van der Waals surface area contributed by atoms with Crippen molar-refractivity contribution >= 4 is 11.7 Å². The van der Waals surface area contributed by atoms with Gasteiger partial charge in [-0.05, 0) is 45.9 Å². The zero-order valence-corrected chi connectivity index (χ0v) is 19.8. The molecular formula is C24H22F3N5O6. The van der Waals surface area contributed by atoms with E-state index in [0.29, 0.717) is 30.9 Å². The fourth-order valence-corrected chi connectivity index (χ4v) is 4.35. The van der Waals surface area contributed by atoms with Gasteiger partial charge in [-0.2, -0.15) is 0 Å². The summed E-state index contributed by atoms with van der Waals surface area (Å²) in [4.78, 5) is 28.7. The van der Waals surface area contributed by atoms with Crippen LogP contribution in [-0.2, 0) is 31.0 Å². The van der Waals surface area contributed by atoms with Gasteiger partial charge in [-0.15, -0.1) is 13.2 Å². The molecular weight excluding hydrogens is 511 g/mol. The molecule has 0 radical (unpaired) electrons. The summed E-state index contributed by atoms with van der Waals surface area (Å²) < 4.78 is 53.5. The van der Waals surface area contributed by atoms with E-state index >= 15 is 0 Å². The SMILES string of the molecule is O=C(CN1Cc2ccc(OCc3ccc(OC(F)(F)F)cc3)cc2C1)N[C@@H]1COc2nc([N+](=O)[O-])cn2C1. The molecule has 38 heavy (non-hydrogen) atoms. The molecule has 2 aliphatic heterocycles. The molecule has 14 heteroatoms. The number of hydrogen-bond donors (Lipinski definition) is 1. The lowest BCUT2D eigenvalue weighted by molar-refractivity contribution is -0.389. The van der Waals surface area contributed by atoms with Crippen molar-refractivity contribution in [3.63, 3.8) is 0 Å². The van der Waals surface area contributed by atoms with E-state index in [1.54, 1.807) is 0 Å². The van der Waals surface area contributed by atoms with Crippen LogP contribution in [0.4, 0.5) is 19.0 Å². The highest BCUT2D eigenvalue weighted by Gasteiger charge is 2.31. The standard InChI is InChI=1S/C24H22F3N5O6/c25-24(26,27)38-19-4-1-15(2-5-19)13-36-20-6-3-16-8-30(9-17(16)7-20)12-22(33)28-18-10-31-11-21(32(34)35)29-23(31)37-14-18/h1-7,11,18H,8-10,12-14H2,(H,28,33)/t18-/m0/s1. The van der Waals surface area contributed by atoms with Gasteiger partial charge < -0.3 is 29.6 Å². The first-order valence-electron chi connectivity index (χ1n) is 11.6. The lowest BCUT2D eigenvalue weighted by atomic mass is 10.1. The van der Waals surface area contributed by atoms with Gasteiger partial charge in [0.1, 0.15) is 30.9 Å². The Kier molecular flexibility index (Phi) is 6.80. The lowest BCUT2D eigenvalue weighted by Gasteiger charge is -2.24. The number of nitrogens with zero attached hydrogens (tertiary/aromatic N) is 4. The normalized spacial score (nSPS) is 16.8. The highest BCUT2D eigenvalue weighted by atomic mass is 19.4. The summed E-state index contributed by atoms with van der Waals surface area (Å²) in [5.41, 5.74) is 2.76. The molecule has 0 fully saturated rings. The Morgan fingerprint density at radius 2 is 1.89 bits per heavy atom. The van der Waals surface area contributed by atoms with Gasteiger partial charge in [0, 0.05) is 18.1 Å². The highest BCUT2D eigenvalue weighted by Crippen LogP contribution is 2.28. The summed E-state index contributed by atoms with van der Waals surface area (Å²) >= 11 is 0. The largest absolute Gasteiger partial charge is 0.573 e. The minimum Gasteiger partial charge on any atom is -0.489 e. The van der Waals surface area contributed by atoms with Crippen molar-refractivity contribution in [1.29, 1.82) is 0 Å². The maximum Gasteiger partial charge on any atom is 0.573 e. The molecule has 3 aromatic rings. The second-order valence-corrected chi connectivity index (χ2v) is 8.92. The molecule has 1 aromatic heterocycles. The molecule has 3 heterocycles. The van der Waals surface area contributed by atoms with Crippen LogP contribution in [0.5, 0.6) is 17.5 Å².